The van der Waals surface area contributed by atoms with Crippen molar-refractivity contribution in [3.8, 4) is 12.5 Å². The van der Waals surface area contributed by atoms with Crippen LogP contribution in [-0.4, -0.2) is 5.97 Å². The fourth-order valence-electron chi connectivity index (χ4n) is 2.40. The Labute approximate surface area is 125 Å². The molecular weight excluding hydrogens is 248 g/mol. The molecule has 0 aliphatic heterocycles. The van der Waals surface area contributed by atoms with Crippen LogP contribution in [0.1, 0.15) is 96.8 Å². The normalized spacial score (nSPS) is 10.2. The van der Waals surface area contributed by atoms with Gasteiger partial charge in [-0.2, -0.15) is 0 Å². The first-order valence-corrected chi connectivity index (χ1v) is 8.46. The summed E-state index contributed by atoms with van der Waals surface area (Å²) in [4.78, 5) is 11.0. The van der Waals surface area contributed by atoms with Crippen LogP contribution in [0.3, 0.4) is 0 Å². The lowest BCUT2D eigenvalue weighted by Gasteiger charge is -2.02. The smallest absolute Gasteiger partial charge is 0.319 e. The summed E-state index contributed by atoms with van der Waals surface area (Å²) in [5.41, 5.74) is 0. The molecule has 0 rings (SSSR count). The second kappa shape index (κ2) is 16.1. The van der Waals surface area contributed by atoms with Crippen LogP contribution in [0.15, 0.2) is 0 Å². The molecule has 0 radical (unpaired) electrons. The second-order valence-electron chi connectivity index (χ2n) is 5.58. The van der Waals surface area contributed by atoms with Crippen molar-refractivity contribution in [2.45, 2.75) is 96.8 Å². The minimum atomic E-state index is -0.268. The van der Waals surface area contributed by atoms with Gasteiger partial charge >= 0.3 is 5.97 Å². The summed E-state index contributed by atoms with van der Waals surface area (Å²) in [5.74, 6) is -0.268. The Morgan fingerprint density at radius 1 is 0.800 bits per heavy atom. The fraction of sp³-hybridized carbons (Fsp3) is 0.833. The van der Waals surface area contributed by atoms with Gasteiger partial charge in [-0.1, -0.05) is 90.4 Å². The van der Waals surface area contributed by atoms with Crippen LogP contribution in [0.4, 0.5) is 0 Å². The van der Waals surface area contributed by atoms with Crippen molar-refractivity contribution in [3.63, 3.8) is 0 Å². The molecule has 0 fully saturated rings. The maximum Gasteiger partial charge on any atom is 0.319 e. The number of carbonyl (C=O) groups is 1. The summed E-state index contributed by atoms with van der Waals surface area (Å²) < 4.78 is 4.44. The fourth-order valence-corrected chi connectivity index (χ4v) is 2.40. The van der Waals surface area contributed by atoms with Crippen LogP contribution in [0, 0.1) is 12.5 Å². The van der Waals surface area contributed by atoms with E-state index in [0.717, 1.165) is 12.8 Å². The summed E-state index contributed by atoms with van der Waals surface area (Å²) >= 11 is 0. The largest absolute Gasteiger partial charge is 0.372 e. The topological polar surface area (TPSA) is 26.3 Å². The van der Waals surface area contributed by atoms with Crippen molar-refractivity contribution in [1.29, 1.82) is 0 Å². The van der Waals surface area contributed by atoms with E-state index in [4.69, 9.17) is 6.42 Å². The highest BCUT2D eigenvalue weighted by Gasteiger charge is 2.00. The molecule has 116 valence electrons. The van der Waals surface area contributed by atoms with Crippen LogP contribution in [0.5, 0.6) is 0 Å². The van der Waals surface area contributed by atoms with E-state index in [0.29, 0.717) is 6.42 Å². The van der Waals surface area contributed by atoms with E-state index in [-0.39, 0.29) is 5.97 Å². The summed E-state index contributed by atoms with van der Waals surface area (Å²) in [7, 11) is 0. The average Bonchev–Trinajstić information content (AvgIpc) is 2.44. The number of hydrogen-bond donors (Lipinski definition) is 0. The molecule has 0 aromatic heterocycles. The number of ether oxygens (including phenoxy) is 1. The molecule has 0 saturated carbocycles. The van der Waals surface area contributed by atoms with Gasteiger partial charge in [0.15, 0.2) is 0 Å². The van der Waals surface area contributed by atoms with Crippen molar-refractivity contribution >= 4 is 5.97 Å². The monoisotopic (exact) mass is 280 g/mol. The maximum absolute atomic E-state index is 11.0. The molecular formula is C18H32O2. The van der Waals surface area contributed by atoms with Gasteiger partial charge in [0.25, 0.3) is 0 Å². The van der Waals surface area contributed by atoms with E-state index >= 15 is 0 Å². The third-order valence-corrected chi connectivity index (χ3v) is 3.66. The predicted octanol–water partition coefficient (Wildman–Crippen LogP) is 5.60. The Balaban J connectivity index is 3.03. The van der Waals surface area contributed by atoms with E-state index in [1.54, 1.807) is 0 Å². The molecule has 20 heavy (non-hydrogen) atoms. The summed E-state index contributed by atoms with van der Waals surface area (Å²) in [6.45, 7) is 2.26. The van der Waals surface area contributed by atoms with Gasteiger partial charge in [0.1, 0.15) is 6.11 Å². The highest BCUT2D eigenvalue weighted by molar-refractivity contribution is 5.70. The molecule has 0 atom stereocenters. The number of carbonyl (C=O) groups excluding carboxylic acids is 1. The molecule has 0 aromatic carbocycles. The van der Waals surface area contributed by atoms with Crippen molar-refractivity contribution in [1.82, 2.24) is 0 Å². The van der Waals surface area contributed by atoms with E-state index < -0.39 is 0 Å². The lowest BCUT2D eigenvalue weighted by atomic mass is 10.0. The van der Waals surface area contributed by atoms with Gasteiger partial charge in [-0.05, 0) is 6.42 Å². The molecule has 0 N–H and O–H groups in total. The second-order valence-corrected chi connectivity index (χ2v) is 5.58. The average molecular weight is 280 g/mol. The van der Waals surface area contributed by atoms with Crippen molar-refractivity contribution in [2.24, 2.45) is 0 Å². The van der Waals surface area contributed by atoms with Gasteiger partial charge in [0, 0.05) is 6.42 Å². The molecule has 2 heteroatoms. The van der Waals surface area contributed by atoms with Crippen molar-refractivity contribution < 1.29 is 9.53 Å². The SMILES string of the molecule is C#COC(=O)CCCCCCCCCCCCCCC. The molecule has 0 aromatic rings. The zero-order valence-corrected chi connectivity index (χ0v) is 13.3. The van der Waals surface area contributed by atoms with E-state index in [9.17, 15) is 4.79 Å². The molecule has 0 bridgehead atoms. The Morgan fingerprint density at radius 2 is 1.20 bits per heavy atom. The van der Waals surface area contributed by atoms with Gasteiger partial charge in [-0.3, -0.25) is 4.79 Å². The van der Waals surface area contributed by atoms with Crippen molar-refractivity contribution in [2.75, 3.05) is 0 Å². The molecule has 0 spiro atoms. The first kappa shape index (κ1) is 19.0. The van der Waals surface area contributed by atoms with Crippen LogP contribution in [0.25, 0.3) is 0 Å². The quantitative estimate of drug-likeness (QED) is 0.235. The number of terminal acetylenes is 1. The highest BCUT2D eigenvalue weighted by Crippen LogP contribution is 2.12. The van der Waals surface area contributed by atoms with Crippen LogP contribution >= 0.6 is 0 Å². The molecule has 2 nitrogen and oxygen atoms in total. The Hall–Kier alpha value is -0.970. The number of rotatable bonds is 14. The van der Waals surface area contributed by atoms with Gasteiger partial charge in [-0.25, -0.2) is 0 Å². The van der Waals surface area contributed by atoms with Crippen LogP contribution < -0.4 is 0 Å². The third kappa shape index (κ3) is 15.1. The highest BCUT2D eigenvalue weighted by atomic mass is 16.5. The molecule has 0 aliphatic carbocycles. The standard InChI is InChI=1S/C18H32O2/c1-3-5-6-7-8-9-10-11-12-13-14-15-16-17-18(19)20-4-2/h2H,3,5-17H2,1H3. The first-order valence-electron chi connectivity index (χ1n) is 8.46. The molecule has 0 unspecified atom stereocenters. The van der Waals surface area contributed by atoms with Crippen LogP contribution in [-0.2, 0) is 9.53 Å². The molecule has 0 saturated heterocycles. The molecule has 0 aliphatic rings. The Bertz CT molecular complexity index is 253. The lowest BCUT2D eigenvalue weighted by Crippen LogP contribution is -1.98. The summed E-state index contributed by atoms with van der Waals surface area (Å²) in [6, 6.07) is 0. The predicted molar refractivity (Wildman–Crippen MR) is 85.2 cm³/mol. The Morgan fingerprint density at radius 3 is 1.60 bits per heavy atom. The summed E-state index contributed by atoms with van der Waals surface area (Å²) in [6.07, 6.45) is 24.3. The van der Waals surface area contributed by atoms with E-state index in [1.807, 2.05) is 6.11 Å². The summed E-state index contributed by atoms with van der Waals surface area (Å²) in [5, 5.41) is 0. The number of hydrogen-bond acceptors (Lipinski definition) is 2. The van der Waals surface area contributed by atoms with Gasteiger partial charge in [-0.15, -0.1) is 0 Å². The van der Waals surface area contributed by atoms with Crippen molar-refractivity contribution in [3.05, 3.63) is 0 Å². The minimum absolute atomic E-state index is 0.268. The van der Waals surface area contributed by atoms with Gasteiger partial charge < -0.3 is 4.74 Å². The zero-order chi connectivity index (χ0) is 14.9. The molecule has 0 heterocycles. The third-order valence-electron chi connectivity index (χ3n) is 3.66. The van der Waals surface area contributed by atoms with Gasteiger partial charge in [0.2, 0.25) is 0 Å². The van der Waals surface area contributed by atoms with Gasteiger partial charge in [0.05, 0.1) is 0 Å². The minimum Gasteiger partial charge on any atom is -0.372 e. The Kier molecular flexibility index (Phi) is 15.3. The van der Waals surface area contributed by atoms with Crippen LogP contribution in [0.2, 0.25) is 0 Å². The maximum atomic E-state index is 11.0. The number of esters is 1. The van der Waals surface area contributed by atoms with E-state index in [2.05, 4.69) is 11.7 Å². The van der Waals surface area contributed by atoms with E-state index in [1.165, 1.54) is 70.6 Å². The zero-order valence-electron chi connectivity index (χ0n) is 13.3. The molecule has 0 amide bonds. The lowest BCUT2D eigenvalue weighted by molar-refractivity contribution is -0.136. The first-order chi connectivity index (χ1) is 9.81. The number of unbranched alkanes of at least 4 members (excludes halogenated alkanes) is 12.